The Labute approximate surface area is 108 Å². The quantitative estimate of drug-likeness (QED) is 0.638. The molecule has 2 heterocycles. The lowest BCUT2D eigenvalue weighted by Crippen LogP contribution is -1.83. The minimum Gasteiger partial charge on any atom is -0.238 e. The van der Waals surface area contributed by atoms with Gasteiger partial charge in [-0.3, -0.25) is 0 Å². The molecule has 0 saturated heterocycles. The molecule has 86 valence electrons. The van der Waals surface area contributed by atoms with Gasteiger partial charge in [0.05, 0.1) is 15.2 Å². The van der Waals surface area contributed by atoms with E-state index in [1.165, 1.54) is 0 Å². The fourth-order valence-corrected chi connectivity index (χ4v) is 3.41. The molecule has 17 heavy (non-hydrogen) atoms. The van der Waals surface area contributed by atoms with Crippen LogP contribution in [0, 0.1) is 0 Å². The van der Waals surface area contributed by atoms with E-state index < -0.39 is 0 Å². The predicted octanol–water partition coefficient (Wildman–Crippen LogP) is 4.45. The number of fused-ring (bicyclic) bond motifs is 3. The highest BCUT2D eigenvalue weighted by atomic mass is 35.5. The molecule has 0 unspecified atom stereocenters. The number of benzene rings is 1. The van der Waals surface area contributed by atoms with Crippen LogP contribution in [0.15, 0.2) is 24.3 Å². The van der Waals surface area contributed by atoms with Crippen LogP contribution in [0.1, 0.15) is 18.4 Å². The second-order valence-corrected chi connectivity index (χ2v) is 5.40. The maximum Gasteiger partial charge on any atom is 0.156 e. The lowest BCUT2D eigenvalue weighted by Gasteiger charge is -1.98. The van der Waals surface area contributed by atoms with Crippen molar-refractivity contribution >= 4 is 44.1 Å². The first-order valence-electron chi connectivity index (χ1n) is 5.63. The van der Waals surface area contributed by atoms with E-state index in [9.17, 15) is 0 Å². The van der Waals surface area contributed by atoms with Crippen LogP contribution >= 0.6 is 22.9 Å². The van der Waals surface area contributed by atoms with Crippen LogP contribution in [-0.2, 0) is 6.42 Å². The molecule has 2 nitrogen and oxygen atoms in total. The van der Waals surface area contributed by atoms with Gasteiger partial charge in [0.1, 0.15) is 5.52 Å². The maximum atomic E-state index is 6.18. The van der Waals surface area contributed by atoms with Gasteiger partial charge in [0.2, 0.25) is 0 Å². The van der Waals surface area contributed by atoms with E-state index in [1.54, 1.807) is 11.3 Å². The Balaban J connectivity index is 2.39. The van der Waals surface area contributed by atoms with Crippen molar-refractivity contribution in [3.63, 3.8) is 0 Å². The lowest BCUT2D eigenvalue weighted by atomic mass is 10.2. The van der Waals surface area contributed by atoms with Gasteiger partial charge >= 0.3 is 0 Å². The van der Waals surface area contributed by atoms with Crippen LogP contribution in [0.4, 0.5) is 0 Å². The zero-order chi connectivity index (χ0) is 11.8. The minimum absolute atomic E-state index is 0.511. The van der Waals surface area contributed by atoms with Crippen LogP contribution in [0.25, 0.3) is 21.1 Å². The van der Waals surface area contributed by atoms with E-state index in [0.717, 1.165) is 39.0 Å². The highest BCUT2D eigenvalue weighted by Crippen LogP contribution is 2.33. The number of para-hydroxylation sites is 1. The Morgan fingerprint density at radius 2 is 2.06 bits per heavy atom. The second kappa shape index (κ2) is 4.24. The van der Waals surface area contributed by atoms with Gasteiger partial charge < -0.3 is 0 Å². The molecule has 3 aromatic rings. The molecule has 0 amide bonds. The summed E-state index contributed by atoms with van der Waals surface area (Å²) in [4.78, 5) is 8.96. The van der Waals surface area contributed by atoms with Crippen LogP contribution in [0.3, 0.4) is 0 Å². The summed E-state index contributed by atoms with van der Waals surface area (Å²) in [5, 5.41) is 2.80. The first-order valence-corrected chi connectivity index (χ1v) is 6.82. The van der Waals surface area contributed by atoms with E-state index in [2.05, 4.69) is 23.0 Å². The maximum absolute atomic E-state index is 6.18. The molecule has 0 bridgehead atoms. The Morgan fingerprint density at radius 3 is 2.88 bits per heavy atom. The number of aryl methyl sites for hydroxylation is 1. The van der Waals surface area contributed by atoms with Crippen LogP contribution in [-0.4, -0.2) is 9.97 Å². The van der Waals surface area contributed by atoms with Gasteiger partial charge in [-0.25, -0.2) is 9.97 Å². The molecule has 0 atom stereocenters. The molecule has 3 rings (SSSR count). The fourth-order valence-electron chi connectivity index (χ4n) is 1.93. The van der Waals surface area contributed by atoms with Gasteiger partial charge in [0, 0.05) is 5.39 Å². The molecule has 0 aliphatic heterocycles. The van der Waals surface area contributed by atoms with Crippen molar-refractivity contribution in [2.24, 2.45) is 0 Å². The van der Waals surface area contributed by atoms with Crippen molar-refractivity contribution < 1.29 is 0 Å². The summed E-state index contributed by atoms with van der Waals surface area (Å²) in [5.41, 5.74) is 1.79. The van der Waals surface area contributed by atoms with Gasteiger partial charge in [0.15, 0.2) is 5.15 Å². The number of halogens is 1. The molecular formula is C13H11ClN2S. The van der Waals surface area contributed by atoms with Crippen molar-refractivity contribution in [3.8, 4) is 0 Å². The Kier molecular flexibility index (Phi) is 2.73. The van der Waals surface area contributed by atoms with Gasteiger partial charge in [-0.05, 0) is 18.9 Å². The van der Waals surface area contributed by atoms with Crippen LogP contribution in [0.5, 0.6) is 0 Å². The molecule has 0 N–H and O–H groups in total. The molecule has 0 aliphatic rings. The number of hydrogen-bond acceptors (Lipinski definition) is 3. The monoisotopic (exact) mass is 262 g/mol. The third-order valence-corrected chi connectivity index (χ3v) is 4.11. The number of pyridine rings is 1. The summed E-state index contributed by atoms with van der Waals surface area (Å²) in [6.07, 6.45) is 2.10. The third kappa shape index (κ3) is 1.79. The Bertz CT molecular complexity index is 690. The summed E-state index contributed by atoms with van der Waals surface area (Å²) >= 11 is 7.91. The van der Waals surface area contributed by atoms with Crippen LogP contribution in [0.2, 0.25) is 5.15 Å². The molecule has 0 saturated carbocycles. The Hall–Kier alpha value is -1.19. The van der Waals surface area contributed by atoms with Crippen molar-refractivity contribution in [2.75, 3.05) is 0 Å². The normalized spacial score (nSPS) is 11.4. The van der Waals surface area contributed by atoms with Crippen molar-refractivity contribution in [2.45, 2.75) is 19.8 Å². The van der Waals surface area contributed by atoms with E-state index in [0.29, 0.717) is 5.15 Å². The SMILES string of the molecule is CCCc1nc2c(Cl)nc3ccccc3c2s1. The lowest BCUT2D eigenvalue weighted by molar-refractivity contribution is 0.912. The van der Waals surface area contributed by atoms with Gasteiger partial charge in [-0.1, -0.05) is 36.7 Å². The Morgan fingerprint density at radius 1 is 1.24 bits per heavy atom. The topological polar surface area (TPSA) is 25.8 Å². The summed E-state index contributed by atoms with van der Waals surface area (Å²) in [7, 11) is 0. The van der Waals surface area contributed by atoms with E-state index in [-0.39, 0.29) is 0 Å². The molecule has 0 aliphatic carbocycles. The van der Waals surface area contributed by atoms with E-state index in [4.69, 9.17) is 11.6 Å². The van der Waals surface area contributed by atoms with Crippen molar-refractivity contribution in [3.05, 3.63) is 34.4 Å². The third-order valence-electron chi connectivity index (χ3n) is 2.70. The molecule has 4 heteroatoms. The average Bonchev–Trinajstić information content (AvgIpc) is 2.74. The van der Waals surface area contributed by atoms with E-state index >= 15 is 0 Å². The number of thiazole rings is 1. The zero-order valence-corrected chi connectivity index (χ0v) is 11.0. The molecule has 2 aromatic heterocycles. The molecule has 0 fully saturated rings. The summed E-state index contributed by atoms with van der Waals surface area (Å²) < 4.78 is 1.16. The molecule has 0 spiro atoms. The number of aromatic nitrogens is 2. The number of rotatable bonds is 2. The summed E-state index contributed by atoms with van der Waals surface area (Å²) in [6.45, 7) is 2.16. The van der Waals surface area contributed by atoms with E-state index in [1.807, 2.05) is 18.2 Å². The summed E-state index contributed by atoms with van der Waals surface area (Å²) in [5.74, 6) is 0. The summed E-state index contributed by atoms with van der Waals surface area (Å²) in [6, 6.07) is 8.07. The van der Waals surface area contributed by atoms with Crippen LogP contribution < -0.4 is 0 Å². The van der Waals surface area contributed by atoms with Gasteiger partial charge in [0.25, 0.3) is 0 Å². The fraction of sp³-hybridized carbons (Fsp3) is 0.231. The zero-order valence-electron chi connectivity index (χ0n) is 9.40. The minimum atomic E-state index is 0.511. The average molecular weight is 263 g/mol. The van der Waals surface area contributed by atoms with Gasteiger partial charge in [-0.2, -0.15) is 0 Å². The molecular weight excluding hydrogens is 252 g/mol. The number of nitrogens with zero attached hydrogens (tertiary/aromatic N) is 2. The standard InChI is InChI=1S/C13H11ClN2S/c1-2-5-10-16-11-12(17-10)8-6-3-4-7-9(8)15-13(11)14/h3-4,6-7H,2,5H2,1H3. The van der Waals surface area contributed by atoms with Gasteiger partial charge in [-0.15, -0.1) is 11.3 Å². The first-order chi connectivity index (χ1) is 8.29. The first kappa shape index (κ1) is 10.9. The van der Waals surface area contributed by atoms with Crippen molar-refractivity contribution in [1.82, 2.24) is 9.97 Å². The largest absolute Gasteiger partial charge is 0.238 e. The second-order valence-electron chi connectivity index (χ2n) is 3.96. The predicted molar refractivity (Wildman–Crippen MR) is 73.9 cm³/mol. The molecule has 1 aromatic carbocycles. The highest BCUT2D eigenvalue weighted by molar-refractivity contribution is 7.19. The van der Waals surface area contributed by atoms with Crippen molar-refractivity contribution in [1.29, 1.82) is 0 Å². The highest BCUT2D eigenvalue weighted by Gasteiger charge is 2.11. The smallest absolute Gasteiger partial charge is 0.156 e. The number of hydrogen-bond donors (Lipinski definition) is 0. The molecule has 0 radical (unpaired) electrons.